The summed E-state index contributed by atoms with van der Waals surface area (Å²) in [5, 5.41) is 0. The Morgan fingerprint density at radius 3 is 2.94 bits per heavy atom. The predicted octanol–water partition coefficient (Wildman–Crippen LogP) is 0.772. The topological polar surface area (TPSA) is 94.3 Å². The number of hydrazine groups is 1. The number of amides is 1. The number of nitrogen functional groups attached to an aromatic ring is 1. The lowest BCUT2D eigenvalue weighted by atomic mass is 10.2. The number of carbonyl (C=O) groups excluding carboxylic acids is 1. The molecule has 90 valence electrons. The van der Waals surface area contributed by atoms with Crippen molar-refractivity contribution in [2.45, 2.75) is 25.6 Å². The van der Waals surface area contributed by atoms with Crippen LogP contribution in [0.5, 0.6) is 0 Å². The van der Waals surface area contributed by atoms with Crippen LogP contribution in [0.25, 0.3) is 0 Å². The van der Waals surface area contributed by atoms with Crippen molar-refractivity contribution in [2.75, 3.05) is 5.75 Å². The molecule has 0 saturated heterocycles. The highest BCUT2D eigenvalue weighted by Gasteiger charge is 2.13. The molecule has 1 atom stereocenters. The monoisotopic (exact) mass is 243 g/mol. The van der Waals surface area contributed by atoms with Crippen LogP contribution in [0.15, 0.2) is 10.5 Å². The zero-order valence-electron chi connectivity index (χ0n) is 9.45. The average Bonchev–Trinajstić information content (AvgIpc) is 2.58. The van der Waals surface area contributed by atoms with Gasteiger partial charge in [0, 0.05) is 11.8 Å². The fourth-order valence-corrected chi connectivity index (χ4v) is 2.10. The van der Waals surface area contributed by atoms with Gasteiger partial charge in [0.15, 0.2) is 0 Å². The van der Waals surface area contributed by atoms with Gasteiger partial charge in [-0.2, -0.15) is 11.8 Å². The molecule has 0 aliphatic heterocycles. The molecule has 16 heavy (non-hydrogen) atoms. The molecule has 1 rings (SSSR count). The van der Waals surface area contributed by atoms with Gasteiger partial charge in [-0.25, -0.2) is 5.84 Å². The first-order valence-electron chi connectivity index (χ1n) is 4.98. The van der Waals surface area contributed by atoms with Crippen LogP contribution in [-0.2, 0) is 5.75 Å². The summed E-state index contributed by atoms with van der Waals surface area (Å²) >= 11 is 1.67. The number of aryl methyl sites for hydroxylation is 1. The van der Waals surface area contributed by atoms with Crippen molar-refractivity contribution in [2.24, 2.45) is 11.6 Å². The molecule has 0 spiro atoms. The third-order valence-electron chi connectivity index (χ3n) is 1.97. The van der Waals surface area contributed by atoms with E-state index in [0.717, 1.165) is 11.5 Å². The molecule has 6 heteroatoms. The van der Waals surface area contributed by atoms with Gasteiger partial charge in [0.25, 0.3) is 5.91 Å². The van der Waals surface area contributed by atoms with E-state index in [1.165, 1.54) is 0 Å². The van der Waals surface area contributed by atoms with Crippen molar-refractivity contribution < 1.29 is 9.21 Å². The molecule has 1 heterocycles. The van der Waals surface area contributed by atoms with Crippen LogP contribution in [-0.4, -0.2) is 17.7 Å². The van der Waals surface area contributed by atoms with E-state index in [2.05, 4.69) is 5.43 Å². The van der Waals surface area contributed by atoms with E-state index in [1.54, 1.807) is 24.8 Å². The zero-order chi connectivity index (χ0) is 12.1. The minimum Gasteiger partial charge on any atom is -0.465 e. The lowest BCUT2D eigenvalue weighted by Crippen LogP contribution is -2.30. The molecule has 0 aliphatic carbocycles. The first-order valence-corrected chi connectivity index (χ1v) is 6.13. The summed E-state index contributed by atoms with van der Waals surface area (Å²) in [6.45, 7) is 3.69. The molecule has 1 aromatic heterocycles. The molecule has 0 fully saturated rings. The number of nitrogens with two attached hydrogens (primary N) is 2. The van der Waals surface area contributed by atoms with Crippen LogP contribution < -0.4 is 17.0 Å². The number of rotatable bonds is 5. The van der Waals surface area contributed by atoms with Gasteiger partial charge >= 0.3 is 0 Å². The van der Waals surface area contributed by atoms with E-state index >= 15 is 0 Å². The Morgan fingerprint density at radius 1 is 1.69 bits per heavy atom. The summed E-state index contributed by atoms with van der Waals surface area (Å²) in [6.07, 6.45) is 0. The average molecular weight is 243 g/mol. The molecule has 1 amide bonds. The van der Waals surface area contributed by atoms with Crippen molar-refractivity contribution in [3.8, 4) is 0 Å². The van der Waals surface area contributed by atoms with E-state index in [9.17, 15) is 4.79 Å². The van der Waals surface area contributed by atoms with Crippen molar-refractivity contribution >= 4 is 17.7 Å². The number of furan rings is 1. The van der Waals surface area contributed by atoms with Crippen molar-refractivity contribution in [3.63, 3.8) is 0 Å². The smallest absolute Gasteiger partial charge is 0.268 e. The van der Waals surface area contributed by atoms with E-state index < -0.39 is 0 Å². The predicted molar refractivity (Wildman–Crippen MR) is 64.9 cm³/mol. The molecule has 0 saturated carbocycles. The summed E-state index contributed by atoms with van der Waals surface area (Å²) in [4.78, 5) is 11.3. The van der Waals surface area contributed by atoms with Gasteiger partial charge in [-0.15, -0.1) is 0 Å². The van der Waals surface area contributed by atoms with Gasteiger partial charge in [0.05, 0.1) is 11.3 Å². The quantitative estimate of drug-likeness (QED) is 0.403. The van der Waals surface area contributed by atoms with Crippen LogP contribution in [0.4, 0.5) is 0 Å². The van der Waals surface area contributed by atoms with Crippen LogP contribution in [0.3, 0.4) is 0 Å². The molecular weight excluding hydrogens is 226 g/mol. The molecule has 0 aliphatic rings. The van der Waals surface area contributed by atoms with Gasteiger partial charge in [-0.05, 0) is 19.9 Å². The van der Waals surface area contributed by atoms with E-state index in [4.69, 9.17) is 16.0 Å². The summed E-state index contributed by atoms with van der Waals surface area (Å²) in [5.74, 6) is 7.65. The van der Waals surface area contributed by atoms with Crippen molar-refractivity contribution in [3.05, 3.63) is 23.2 Å². The fourth-order valence-electron chi connectivity index (χ4n) is 1.26. The maximum absolute atomic E-state index is 11.3. The van der Waals surface area contributed by atoms with E-state index in [1.807, 2.05) is 6.92 Å². The van der Waals surface area contributed by atoms with Gasteiger partial charge in [-0.1, -0.05) is 0 Å². The highest BCUT2D eigenvalue weighted by Crippen LogP contribution is 2.19. The first kappa shape index (κ1) is 13.1. The summed E-state index contributed by atoms with van der Waals surface area (Å²) in [7, 11) is 0. The number of hydrogen-bond acceptors (Lipinski definition) is 5. The molecule has 1 unspecified atom stereocenters. The van der Waals surface area contributed by atoms with Crippen LogP contribution in [0.1, 0.15) is 28.8 Å². The Kier molecular flexibility index (Phi) is 4.85. The second kappa shape index (κ2) is 5.93. The SMILES string of the molecule is Cc1oc(CSCC(C)N)cc1C(=O)NN. The second-order valence-electron chi connectivity index (χ2n) is 3.65. The fraction of sp³-hybridized carbons (Fsp3) is 0.500. The van der Waals surface area contributed by atoms with E-state index in [0.29, 0.717) is 17.1 Å². The minimum absolute atomic E-state index is 0.160. The summed E-state index contributed by atoms with van der Waals surface area (Å²) in [6, 6.07) is 1.87. The Bertz CT molecular complexity index is 363. The highest BCUT2D eigenvalue weighted by molar-refractivity contribution is 7.98. The van der Waals surface area contributed by atoms with Crippen LogP contribution in [0.2, 0.25) is 0 Å². The Labute approximate surface area is 98.9 Å². The normalized spacial score (nSPS) is 12.5. The van der Waals surface area contributed by atoms with Gasteiger partial charge < -0.3 is 10.2 Å². The van der Waals surface area contributed by atoms with Crippen LogP contribution in [0, 0.1) is 6.92 Å². The van der Waals surface area contributed by atoms with Gasteiger partial charge in [0.1, 0.15) is 11.5 Å². The third kappa shape index (κ3) is 3.55. The summed E-state index contributed by atoms with van der Waals surface area (Å²) in [5.41, 5.74) is 8.20. The molecule has 5 N–H and O–H groups in total. The summed E-state index contributed by atoms with van der Waals surface area (Å²) < 4.78 is 5.44. The molecule has 5 nitrogen and oxygen atoms in total. The van der Waals surface area contributed by atoms with Crippen LogP contribution >= 0.6 is 11.8 Å². The number of hydrogen-bond donors (Lipinski definition) is 3. The lowest BCUT2D eigenvalue weighted by Gasteiger charge is -2.01. The molecule has 0 radical (unpaired) electrons. The lowest BCUT2D eigenvalue weighted by molar-refractivity contribution is 0.0952. The van der Waals surface area contributed by atoms with Gasteiger partial charge in [-0.3, -0.25) is 10.2 Å². The molecule has 0 bridgehead atoms. The largest absolute Gasteiger partial charge is 0.465 e. The third-order valence-corrected chi connectivity index (χ3v) is 3.22. The zero-order valence-corrected chi connectivity index (χ0v) is 10.3. The van der Waals surface area contributed by atoms with E-state index in [-0.39, 0.29) is 11.9 Å². The maximum atomic E-state index is 11.3. The number of thioether (sulfide) groups is 1. The molecule has 0 aromatic carbocycles. The Hall–Kier alpha value is -0.980. The van der Waals surface area contributed by atoms with Crippen molar-refractivity contribution in [1.82, 2.24) is 5.43 Å². The maximum Gasteiger partial charge on any atom is 0.268 e. The molecule has 1 aromatic rings. The minimum atomic E-state index is -0.329. The number of carbonyl (C=O) groups is 1. The Morgan fingerprint density at radius 2 is 2.38 bits per heavy atom. The highest BCUT2D eigenvalue weighted by atomic mass is 32.2. The first-order chi connectivity index (χ1) is 7.54. The van der Waals surface area contributed by atoms with Crippen molar-refractivity contribution in [1.29, 1.82) is 0 Å². The number of nitrogens with one attached hydrogen (secondary N) is 1. The second-order valence-corrected chi connectivity index (χ2v) is 4.68. The van der Waals surface area contributed by atoms with Gasteiger partial charge in [0.2, 0.25) is 0 Å². The molecular formula is C10H17N3O2S. The standard InChI is InChI=1S/C10H17N3O2S/c1-6(11)4-16-5-8-3-9(7(2)15-8)10(14)13-12/h3,6H,4-5,11-12H2,1-2H3,(H,13,14). The Balaban J connectivity index is 2.59.